The predicted molar refractivity (Wildman–Crippen MR) is 83.1 cm³/mol. The van der Waals surface area contributed by atoms with Gasteiger partial charge in [0.2, 0.25) is 0 Å². The van der Waals surface area contributed by atoms with Crippen molar-refractivity contribution in [3.8, 4) is 5.75 Å². The Morgan fingerprint density at radius 2 is 2.30 bits per heavy atom. The topological polar surface area (TPSA) is 49.8 Å². The highest BCUT2D eigenvalue weighted by Crippen LogP contribution is 2.29. The first kappa shape index (κ1) is 17.1. The summed E-state index contributed by atoms with van der Waals surface area (Å²) in [6.07, 6.45) is 3.71. The highest BCUT2D eigenvalue weighted by molar-refractivity contribution is 7.98. The normalized spacial score (nSPS) is 18.6. The van der Waals surface area contributed by atoms with Crippen LogP contribution in [-0.4, -0.2) is 41.9 Å². The zero-order chi connectivity index (χ0) is 13.8. The summed E-state index contributed by atoms with van der Waals surface area (Å²) in [5.74, 6) is 0.140. The van der Waals surface area contributed by atoms with Crippen molar-refractivity contribution in [2.24, 2.45) is 0 Å². The van der Waals surface area contributed by atoms with Gasteiger partial charge in [-0.25, -0.2) is 0 Å². The van der Waals surface area contributed by atoms with Crippen molar-refractivity contribution in [3.63, 3.8) is 0 Å². The van der Waals surface area contributed by atoms with Gasteiger partial charge in [0.15, 0.2) is 0 Å². The summed E-state index contributed by atoms with van der Waals surface area (Å²) in [6.45, 7) is 1.52. The molecule has 0 unspecified atom stereocenters. The molecule has 0 saturated carbocycles. The third-order valence-corrected chi connectivity index (χ3v) is 4.26. The lowest BCUT2D eigenvalue weighted by Crippen LogP contribution is -2.35. The van der Waals surface area contributed by atoms with Gasteiger partial charge in [0.25, 0.3) is 0 Å². The lowest BCUT2D eigenvalue weighted by Gasteiger charge is -2.21. The van der Waals surface area contributed by atoms with Gasteiger partial charge in [0, 0.05) is 11.4 Å². The maximum absolute atomic E-state index is 11.2. The number of carbonyl (C=O) groups is 1. The van der Waals surface area contributed by atoms with E-state index in [1.165, 1.54) is 0 Å². The molecule has 1 atom stereocenters. The summed E-state index contributed by atoms with van der Waals surface area (Å²) >= 11 is 1.64. The first-order valence-electron chi connectivity index (χ1n) is 6.33. The van der Waals surface area contributed by atoms with Crippen LogP contribution in [0.4, 0.5) is 0 Å². The zero-order valence-electron chi connectivity index (χ0n) is 11.7. The van der Waals surface area contributed by atoms with Crippen LogP contribution in [0.15, 0.2) is 23.1 Å². The Hall–Kier alpha value is -0.910. The van der Waals surface area contributed by atoms with Gasteiger partial charge >= 0.3 is 5.97 Å². The minimum atomic E-state index is -0.717. The van der Waals surface area contributed by atoms with Crippen molar-refractivity contribution in [1.82, 2.24) is 4.90 Å². The molecule has 0 aromatic heterocycles. The maximum Gasteiger partial charge on any atom is 0.320 e. The van der Waals surface area contributed by atoms with Gasteiger partial charge < -0.3 is 9.84 Å². The minimum Gasteiger partial charge on any atom is -0.496 e. The van der Waals surface area contributed by atoms with Crippen molar-refractivity contribution in [2.45, 2.75) is 30.3 Å². The Balaban J connectivity index is 0.00000200. The number of carboxylic acid groups (broad SMARTS) is 1. The Morgan fingerprint density at radius 1 is 1.55 bits per heavy atom. The second kappa shape index (κ2) is 7.76. The number of thioether (sulfide) groups is 1. The summed E-state index contributed by atoms with van der Waals surface area (Å²) in [4.78, 5) is 14.3. The lowest BCUT2D eigenvalue weighted by atomic mass is 10.1. The summed E-state index contributed by atoms with van der Waals surface area (Å²) in [6, 6.07) is 5.74. The highest BCUT2D eigenvalue weighted by atomic mass is 35.5. The number of hydrogen-bond acceptors (Lipinski definition) is 4. The van der Waals surface area contributed by atoms with Gasteiger partial charge in [-0.1, -0.05) is 6.07 Å². The molecule has 1 N–H and O–H groups in total. The van der Waals surface area contributed by atoms with Crippen LogP contribution in [0.1, 0.15) is 18.4 Å². The van der Waals surface area contributed by atoms with Crippen LogP contribution in [-0.2, 0) is 11.3 Å². The molecule has 20 heavy (non-hydrogen) atoms. The Labute approximate surface area is 129 Å². The molecule has 0 aliphatic carbocycles. The van der Waals surface area contributed by atoms with E-state index in [0.717, 1.165) is 35.6 Å². The predicted octanol–water partition coefficient (Wildman–Crippen LogP) is 2.89. The molecule has 112 valence electrons. The summed E-state index contributed by atoms with van der Waals surface area (Å²) in [5.41, 5.74) is 1.10. The molecule has 0 spiro atoms. The molecule has 1 fully saturated rings. The molecule has 0 radical (unpaired) electrons. The molecule has 0 amide bonds. The first-order valence-corrected chi connectivity index (χ1v) is 7.56. The van der Waals surface area contributed by atoms with Gasteiger partial charge in [-0.3, -0.25) is 9.69 Å². The third kappa shape index (κ3) is 3.81. The molecular formula is C14H20ClNO3S. The van der Waals surface area contributed by atoms with Crippen LogP contribution in [0.3, 0.4) is 0 Å². The summed E-state index contributed by atoms with van der Waals surface area (Å²) in [5, 5.41) is 9.17. The Morgan fingerprint density at radius 3 is 2.90 bits per heavy atom. The second-order valence-corrected chi connectivity index (χ2v) is 5.50. The van der Waals surface area contributed by atoms with E-state index in [4.69, 9.17) is 4.74 Å². The molecule has 4 nitrogen and oxygen atoms in total. The largest absolute Gasteiger partial charge is 0.496 e. The van der Waals surface area contributed by atoms with Crippen LogP contribution in [0.25, 0.3) is 0 Å². The van der Waals surface area contributed by atoms with Crippen molar-refractivity contribution in [3.05, 3.63) is 23.8 Å². The van der Waals surface area contributed by atoms with E-state index in [1.807, 2.05) is 29.4 Å². The number of hydrogen-bond donors (Lipinski definition) is 1. The minimum absolute atomic E-state index is 0. The number of rotatable bonds is 5. The molecule has 1 aromatic carbocycles. The maximum atomic E-state index is 11.2. The number of benzene rings is 1. The molecule has 1 heterocycles. The average Bonchev–Trinajstić information content (AvgIpc) is 2.87. The van der Waals surface area contributed by atoms with E-state index in [-0.39, 0.29) is 18.4 Å². The summed E-state index contributed by atoms with van der Waals surface area (Å²) < 4.78 is 5.36. The Bertz CT molecular complexity index is 470. The SMILES string of the molecule is COc1cc(CN2CCC[C@H]2C(=O)O)ccc1SC.Cl. The van der Waals surface area contributed by atoms with Gasteiger partial charge in [-0.05, 0) is 43.3 Å². The van der Waals surface area contributed by atoms with E-state index < -0.39 is 5.97 Å². The number of carboxylic acids is 1. The second-order valence-electron chi connectivity index (χ2n) is 4.66. The van der Waals surface area contributed by atoms with E-state index in [2.05, 4.69) is 0 Å². The number of aliphatic carboxylic acids is 1. The standard InChI is InChI=1S/C14H19NO3S.ClH/c1-18-12-8-10(5-6-13(12)19-2)9-15-7-3-4-11(15)14(16)17;/h5-6,8,11H,3-4,7,9H2,1-2H3,(H,16,17);1H/t11-;/m0./s1. The molecule has 6 heteroatoms. The van der Waals surface area contributed by atoms with Gasteiger partial charge in [-0.2, -0.15) is 0 Å². The third-order valence-electron chi connectivity index (χ3n) is 3.48. The van der Waals surface area contributed by atoms with Crippen molar-refractivity contribution >= 4 is 30.1 Å². The Kier molecular flexibility index (Phi) is 6.65. The van der Waals surface area contributed by atoms with E-state index in [0.29, 0.717) is 6.54 Å². The molecule has 1 aliphatic heterocycles. The quantitative estimate of drug-likeness (QED) is 0.846. The van der Waals surface area contributed by atoms with Crippen LogP contribution < -0.4 is 4.74 Å². The first-order chi connectivity index (χ1) is 9.15. The monoisotopic (exact) mass is 317 g/mol. The van der Waals surface area contributed by atoms with Crippen molar-refractivity contribution in [2.75, 3.05) is 19.9 Å². The molecule has 1 saturated heterocycles. The molecule has 1 aliphatic rings. The van der Waals surface area contributed by atoms with Crippen LogP contribution in [0.5, 0.6) is 5.75 Å². The van der Waals surface area contributed by atoms with Crippen molar-refractivity contribution in [1.29, 1.82) is 0 Å². The number of nitrogens with zero attached hydrogens (tertiary/aromatic N) is 1. The van der Waals surface area contributed by atoms with Crippen molar-refractivity contribution < 1.29 is 14.6 Å². The fraction of sp³-hybridized carbons (Fsp3) is 0.500. The number of likely N-dealkylation sites (tertiary alicyclic amines) is 1. The van der Waals surface area contributed by atoms with E-state index in [9.17, 15) is 9.90 Å². The number of methoxy groups -OCH3 is 1. The van der Waals surface area contributed by atoms with Crippen LogP contribution in [0.2, 0.25) is 0 Å². The van der Waals surface area contributed by atoms with E-state index >= 15 is 0 Å². The molecule has 1 aromatic rings. The molecular weight excluding hydrogens is 298 g/mol. The molecule has 0 bridgehead atoms. The number of ether oxygens (including phenoxy) is 1. The fourth-order valence-electron chi connectivity index (χ4n) is 2.51. The zero-order valence-corrected chi connectivity index (χ0v) is 13.3. The van der Waals surface area contributed by atoms with Gasteiger partial charge in [0.05, 0.1) is 7.11 Å². The highest BCUT2D eigenvalue weighted by Gasteiger charge is 2.30. The fourth-order valence-corrected chi connectivity index (χ4v) is 3.06. The van der Waals surface area contributed by atoms with Crippen LogP contribution >= 0.6 is 24.2 Å². The average molecular weight is 318 g/mol. The smallest absolute Gasteiger partial charge is 0.320 e. The lowest BCUT2D eigenvalue weighted by molar-refractivity contribution is -0.142. The van der Waals surface area contributed by atoms with Gasteiger partial charge in [0.1, 0.15) is 11.8 Å². The van der Waals surface area contributed by atoms with Gasteiger partial charge in [-0.15, -0.1) is 24.2 Å². The molecule has 2 rings (SSSR count). The van der Waals surface area contributed by atoms with Crippen LogP contribution in [0, 0.1) is 0 Å². The number of halogens is 1. The summed E-state index contributed by atoms with van der Waals surface area (Å²) in [7, 11) is 1.66. The van der Waals surface area contributed by atoms with E-state index in [1.54, 1.807) is 18.9 Å².